The summed E-state index contributed by atoms with van der Waals surface area (Å²) in [4.78, 5) is 0. The minimum Gasteiger partial charge on any atom is -0.395 e. The van der Waals surface area contributed by atoms with Crippen molar-refractivity contribution < 1.29 is 14.6 Å². The molecular weight excluding hydrogens is 231 g/mol. The SMILES string of the molecule is OCC1(CO)c2ccccc2-c2ccc(F)cc21. The first-order chi connectivity index (χ1) is 8.73. The van der Waals surface area contributed by atoms with E-state index < -0.39 is 5.41 Å². The Labute approximate surface area is 104 Å². The summed E-state index contributed by atoms with van der Waals surface area (Å²) >= 11 is 0. The van der Waals surface area contributed by atoms with Crippen LogP contribution in [0.3, 0.4) is 0 Å². The number of hydrogen-bond acceptors (Lipinski definition) is 2. The van der Waals surface area contributed by atoms with Crippen molar-refractivity contribution in [1.82, 2.24) is 0 Å². The number of aliphatic hydroxyl groups is 2. The Hall–Kier alpha value is -1.71. The second kappa shape index (κ2) is 3.90. The van der Waals surface area contributed by atoms with Gasteiger partial charge in [0, 0.05) is 0 Å². The van der Waals surface area contributed by atoms with Crippen molar-refractivity contribution in [2.24, 2.45) is 0 Å². The molecule has 0 saturated carbocycles. The van der Waals surface area contributed by atoms with Gasteiger partial charge >= 0.3 is 0 Å². The van der Waals surface area contributed by atoms with Crippen LogP contribution < -0.4 is 0 Å². The van der Waals surface area contributed by atoms with Crippen molar-refractivity contribution in [3.8, 4) is 11.1 Å². The van der Waals surface area contributed by atoms with E-state index in [2.05, 4.69) is 0 Å². The third-order valence-electron chi connectivity index (χ3n) is 3.77. The highest BCUT2D eigenvalue weighted by atomic mass is 19.1. The molecule has 0 fully saturated rings. The van der Waals surface area contributed by atoms with Crippen LogP contribution in [0.4, 0.5) is 4.39 Å². The molecule has 1 aliphatic carbocycles. The quantitative estimate of drug-likeness (QED) is 0.849. The molecule has 2 N–H and O–H groups in total. The minimum atomic E-state index is -0.895. The van der Waals surface area contributed by atoms with Gasteiger partial charge in [-0.05, 0) is 34.4 Å². The predicted molar refractivity (Wildman–Crippen MR) is 66.8 cm³/mol. The van der Waals surface area contributed by atoms with Crippen LogP contribution in [0.15, 0.2) is 42.5 Å². The molecule has 18 heavy (non-hydrogen) atoms. The number of halogens is 1. The summed E-state index contributed by atoms with van der Waals surface area (Å²) in [7, 11) is 0. The highest BCUT2D eigenvalue weighted by Crippen LogP contribution is 2.48. The zero-order valence-electron chi connectivity index (χ0n) is 9.73. The first-order valence-electron chi connectivity index (χ1n) is 5.84. The van der Waals surface area contributed by atoms with E-state index in [0.29, 0.717) is 5.56 Å². The van der Waals surface area contributed by atoms with Crippen LogP contribution in [-0.4, -0.2) is 23.4 Å². The van der Waals surface area contributed by atoms with Gasteiger partial charge in [0.1, 0.15) is 5.82 Å². The van der Waals surface area contributed by atoms with Gasteiger partial charge in [-0.1, -0.05) is 30.3 Å². The smallest absolute Gasteiger partial charge is 0.123 e. The maximum Gasteiger partial charge on any atom is 0.123 e. The Kier molecular flexibility index (Phi) is 2.47. The van der Waals surface area contributed by atoms with Crippen molar-refractivity contribution in [2.75, 3.05) is 13.2 Å². The lowest BCUT2D eigenvalue weighted by Gasteiger charge is -2.27. The summed E-state index contributed by atoms with van der Waals surface area (Å²) in [6, 6.07) is 12.1. The normalized spacial score (nSPS) is 15.3. The van der Waals surface area contributed by atoms with Crippen LogP contribution in [0.5, 0.6) is 0 Å². The topological polar surface area (TPSA) is 40.5 Å². The minimum absolute atomic E-state index is 0.239. The monoisotopic (exact) mass is 244 g/mol. The third-order valence-corrected chi connectivity index (χ3v) is 3.77. The lowest BCUT2D eigenvalue weighted by Crippen LogP contribution is -2.34. The number of hydrogen-bond donors (Lipinski definition) is 2. The van der Waals surface area contributed by atoms with E-state index in [-0.39, 0.29) is 19.0 Å². The highest BCUT2D eigenvalue weighted by molar-refractivity contribution is 5.81. The molecule has 0 radical (unpaired) electrons. The molecule has 0 aromatic heterocycles. The summed E-state index contributed by atoms with van der Waals surface area (Å²) < 4.78 is 13.4. The molecule has 0 heterocycles. The Morgan fingerprint density at radius 2 is 1.56 bits per heavy atom. The molecule has 0 unspecified atom stereocenters. The van der Waals surface area contributed by atoms with Crippen LogP contribution >= 0.6 is 0 Å². The summed E-state index contributed by atoms with van der Waals surface area (Å²) in [6.07, 6.45) is 0. The van der Waals surface area contributed by atoms with Gasteiger partial charge in [0.15, 0.2) is 0 Å². The summed E-state index contributed by atoms with van der Waals surface area (Å²) in [5.41, 5.74) is 2.46. The fourth-order valence-corrected chi connectivity index (χ4v) is 2.82. The Morgan fingerprint density at radius 1 is 0.889 bits per heavy atom. The van der Waals surface area contributed by atoms with E-state index in [1.165, 1.54) is 12.1 Å². The molecule has 0 atom stereocenters. The van der Waals surface area contributed by atoms with E-state index >= 15 is 0 Å². The van der Waals surface area contributed by atoms with E-state index in [1.807, 2.05) is 24.3 Å². The van der Waals surface area contributed by atoms with Gasteiger partial charge in [0.05, 0.1) is 18.6 Å². The van der Waals surface area contributed by atoms with Gasteiger partial charge in [0.25, 0.3) is 0 Å². The molecule has 0 saturated heterocycles. The maximum atomic E-state index is 13.4. The fraction of sp³-hybridized carbons (Fsp3) is 0.200. The van der Waals surface area contributed by atoms with Crippen LogP contribution in [0.1, 0.15) is 11.1 Å². The molecular formula is C15H13FO2. The molecule has 2 aromatic rings. The molecule has 1 aliphatic rings. The van der Waals surface area contributed by atoms with Gasteiger partial charge in [0.2, 0.25) is 0 Å². The van der Waals surface area contributed by atoms with Crippen LogP contribution in [-0.2, 0) is 5.41 Å². The lowest BCUT2D eigenvalue weighted by atomic mass is 9.80. The number of aliphatic hydroxyl groups excluding tert-OH is 2. The first-order valence-corrected chi connectivity index (χ1v) is 5.84. The average molecular weight is 244 g/mol. The zero-order valence-corrected chi connectivity index (χ0v) is 9.73. The van der Waals surface area contributed by atoms with E-state index in [0.717, 1.165) is 16.7 Å². The molecule has 2 nitrogen and oxygen atoms in total. The number of benzene rings is 2. The van der Waals surface area contributed by atoms with Crippen LogP contribution in [0, 0.1) is 5.82 Å². The Bertz CT molecular complexity index is 603. The van der Waals surface area contributed by atoms with Crippen molar-refractivity contribution >= 4 is 0 Å². The molecule has 2 aromatic carbocycles. The van der Waals surface area contributed by atoms with Gasteiger partial charge in [-0.3, -0.25) is 0 Å². The first kappa shape index (κ1) is 11.4. The summed E-state index contributed by atoms with van der Waals surface area (Å²) in [5.74, 6) is -0.354. The Balaban J connectivity index is 2.38. The molecule has 0 bridgehead atoms. The van der Waals surface area contributed by atoms with Crippen molar-refractivity contribution in [3.63, 3.8) is 0 Å². The summed E-state index contributed by atoms with van der Waals surface area (Å²) in [5, 5.41) is 19.4. The predicted octanol–water partition coefficient (Wildman–Crippen LogP) is 2.08. The molecule has 0 aliphatic heterocycles. The average Bonchev–Trinajstić information content (AvgIpc) is 2.68. The Morgan fingerprint density at radius 3 is 2.28 bits per heavy atom. The van der Waals surface area contributed by atoms with E-state index in [9.17, 15) is 14.6 Å². The standard InChI is InChI=1S/C15H13FO2/c16-10-5-6-12-11-3-1-2-4-13(11)15(8-17,9-18)14(12)7-10/h1-7,17-18H,8-9H2. The van der Waals surface area contributed by atoms with Crippen LogP contribution in [0.2, 0.25) is 0 Å². The van der Waals surface area contributed by atoms with Gasteiger partial charge in [-0.2, -0.15) is 0 Å². The highest BCUT2D eigenvalue weighted by Gasteiger charge is 2.42. The molecule has 0 spiro atoms. The van der Waals surface area contributed by atoms with E-state index in [1.54, 1.807) is 6.07 Å². The van der Waals surface area contributed by atoms with Crippen molar-refractivity contribution in [1.29, 1.82) is 0 Å². The third kappa shape index (κ3) is 1.29. The molecule has 92 valence electrons. The maximum absolute atomic E-state index is 13.4. The number of fused-ring (bicyclic) bond motifs is 3. The second-order valence-corrected chi connectivity index (χ2v) is 4.63. The molecule has 3 heteroatoms. The molecule has 3 rings (SSSR count). The zero-order chi connectivity index (χ0) is 12.8. The lowest BCUT2D eigenvalue weighted by molar-refractivity contribution is 0.146. The fourth-order valence-electron chi connectivity index (χ4n) is 2.82. The second-order valence-electron chi connectivity index (χ2n) is 4.63. The van der Waals surface area contributed by atoms with Gasteiger partial charge < -0.3 is 10.2 Å². The van der Waals surface area contributed by atoms with Crippen LogP contribution in [0.25, 0.3) is 11.1 Å². The number of rotatable bonds is 2. The largest absolute Gasteiger partial charge is 0.395 e. The molecule has 0 amide bonds. The van der Waals surface area contributed by atoms with Crippen molar-refractivity contribution in [3.05, 3.63) is 59.4 Å². The van der Waals surface area contributed by atoms with E-state index in [4.69, 9.17) is 0 Å². The van der Waals surface area contributed by atoms with Gasteiger partial charge in [-0.25, -0.2) is 4.39 Å². The summed E-state index contributed by atoms with van der Waals surface area (Å²) in [6.45, 7) is -0.478. The van der Waals surface area contributed by atoms with Crippen molar-refractivity contribution in [2.45, 2.75) is 5.41 Å². The van der Waals surface area contributed by atoms with Gasteiger partial charge in [-0.15, -0.1) is 0 Å².